The van der Waals surface area contributed by atoms with E-state index >= 15 is 0 Å². The van der Waals surface area contributed by atoms with Crippen molar-refractivity contribution in [2.24, 2.45) is 0 Å². The number of morpholine rings is 1. The van der Waals surface area contributed by atoms with Crippen LogP contribution in [0.25, 0.3) is 11.0 Å². The van der Waals surface area contributed by atoms with E-state index in [4.69, 9.17) is 9.72 Å². The van der Waals surface area contributed by atoms with Gasteiger partial charge in [-0.25, -0.2) is 4.98 Å². The highest BCUT2D eigenvalue weighted by atomic mass is 19.4. The van der Waals surface area contributed by atoms with Gasteiger partial charge in [-0.15, -0.1) is 0 Å². The number of hydrogen-bond donors (Lipinski definition) is 1. The fraction of sp³-hybridized carbons (Fsp3) is 0.409. The van der Waals surface area contributed by atoms with E-state index < -0.39 is 23.5 Å². The molecule has 1 unspecified atom stereocenters. The maximum atomic E-state index is 13.6. The number of rotatable bonds is 3. The van der Waals surface area contributed by atoms with E-state index in [9.17, 15) is 18.3 Å². The maximum Gasteiger partial charge on any atom is 0.416 e. The number of nitrogens with zero attached hydrogens (tertiary/aromatic N) is 5. The third-order valence-corrected chi connectivity index (χ3v) is 6.01. The van der Waals surface area contributed by atoms with Crippen LogP contribution in [-0.2, 0) is 10.9 Å². The van der Waals surface area contributed by atoms with Crippen LogP contribution in [0.1, 0.15) is 30.5 Å². The SMILES string of the molecule is C[C@]1(O)COCCN1c1nc(N2CCC2c2ccccc2C(F)(F)F)c2cccnc2n1. The lowest BCUT2D eigenvalue weighted by Gasteiger charge is -2.44. The fourth-order valence-electron chi connectivity index (χ4n) is 4.34. The zero-order chi connectivity index (χ0) is 22.5. The number of halogens is 3. The van der Waals surface area contributed by atoms with E-state index in [0.717, 1.165) is 6.07 Å². The van der Waals surface area contributed by atoms with Gasteiger partial charge in [0.15, 0.2) is 11.4 Å². The number of alkyl halides is 3. The average molecular weight is 445 g/mol. The molecule has 2 fully saturated rings. The summed E-state index contributed by atoms with van der Waals surface area (Å²) in [6, 6.07) is 8.75. The van der Waals surface area contributed by atoms with Crippen molar-refractivity contribution in [3.63, 3.8) is 0 Å². The Labute approximate surface area is 182 Å². The summed E-state index contributed by atoms with van der Waals surface area (Å²) in [6.45, 7) is 3.05. The molecule has 0 saturated carbocycles. The number of anilines is 2. The van der Waals surface area contributed by atoms with Crippen LogP contribution in [0.4, 0.5) is 24.9 Å². The molecule has 0 radical (unpaired) electrons. The molecule has 2 saturated heterocycles. The lowest BCUT2D eigenvalue weighted by Crippen LogP contribution is -2.56. The van der Waals surface area contributed by atoms with Gasteiger partial charge in [0, 0.05) is 19.3 Å². The Kier molecular flexibility index (Phi) is 4.94. The van der Waals surface area contributed by atoms with Gasteiger partial charge < -0.3 is 19.6 Å². The molecule has 0 amide bonds. The van der Waals surface area contributed by atoms with E-state index in [0.29, 0.717) is 43.0 Å². The van der Waals surface area contributed by atoms with E-state index in [-0.39, 0.29) is 18.1 Å². The standard InChI is InChI=1S/C22H22F3N5O2/c1-21(31)13-32-12-11-30(21)20-27-18-15(6-4-9-26-18)19(28-20)29-10-8-17(29)14-5-2-3-7-16(14)22(23,24)25/h2-7,9,17,31H,8,10-13H2,1H3/t17?,21-/m0/s1. The number of pyridine rings is 1. The zero-order valence-corrected chi connectivity index (χ0v) is 17.4. The number of benzene rings is 1. The van der Waals surface area contributed by atoms with Crippen LogP contribution in [-0.4, -0.2) is 52.1 Å². The monoisotopic (exact) mass is 445 g/mol. The smallest absolute Gasteiger partial charge is 0.375 e. The summed E-state index contributed by atoms with van der Waals surface area (Å²) in [5.74, 6) is 0.780. The number of fused-ring (bicyclic) bond motifs is 1. The van der Waals surface area contributed by atoms with Crippen molar-refractivity contribution in [1.82, 2.24) is 15.0 Å². The third-order valence-electron chi connectivity index (χ3n) is 6.01. The highest BCUT2D eigenvalue weighted by Crippen LogP contribution is 2.44. The molecule has 0 aliphatic carbocycles. The molecule has 4 heterocycles. The molecule has 7 nitrogen and oxygen atoms in total. The fourth-order valence-corrected chi connectivity index (χ4v) is 4.34. The second-order valence-corrected chi connectivity index (χ2v) is 8.23. The van der Waals surface area contributed by atoms with Crippen LogP contribution < -0.4 is 9.80 Å². The first kappa shape index (κ1) is 20.9. The van der Waals surface area contributed by atoms with Crippen LogP contribution in [0, 0.1) is 0 Å². The van der Waals surface area contributed by atoms with Crippen molar-refractivity contribution >= 4 is 22.8 Å². The van der Waals surface area contributed by atoms with Gasteiger partial charge in [-0.2, -0.15) is 23.1 Å². The third kappa shape index (κ3) is 3.53. The summed E-state index contributed by atoms with van der Waals surface area (Å²) < 4.78 is 46.3. The number of hydrogen-bond acceptors (Lipinski definition) is 7. The summed E-state index contributed by atoms with van der Waals surface area (Å²) >= 11 is 0. The Morgan fingerprint density at radius 2 is 1.94 bits per heavy atom. The molecule has 2 aromatic heterocycles. The Hall–Kier alpha value is -2.98. The molecule has 1 N–H and O–H groups in total. The van der Waals surface area contributed by atoms with Crippen LogP contribution in [0.2, 0.25) is 0 Å². The van der Waals surface area contributed by atoms with Crippen molar-refractivity contribution in [1.29, 1.82) is 0 Å². The van der Waals surface area contributed by atoms with Crippen LogP contribution >= 0.6 is 0 Å². The molecule has 0 spiro atoms. The van der Waals surface area contributed by atoms with E-state index in [1.807, 2.05) is 11.0 Å². The molecule has 2 atom stereocenters. The number of aromatic nitrogens is 3. The molecular formula is C22H22F3N5O2. The Morgan fingerprint density at radius 3 is 2.66 bits per heavy atom. The van der Waals surface area contributed by atoms with Gasteiger partial charge >= 0.3 is 6.18 Å². The predicted octanol–water partition coefficient (Wildman–Crippen LogP) is 3.54. The summed E-state index contributed by atoms with van der Waals surface area (Å²) in [4.78, 5) is 17.1. The zero-order valence-electron chi connectivity index (χ0n) is 17.4. The van der Waals surface area contributed by atoms with Gasteiger partial charge in [0.1, 0.15) is 5.82 Å². The summed E-state index contributed by atoms with van der Waals surface area (Å²) in [6.07, 6.45) is -2.26. The lowest BCUT2D eigenvalue weighted by atomic mass is 9.90. The van der Waals surface area contributed by atoms with Crippen LogP contribution in [0.15, 0.2) is 42.6 Å². The number of ether oxygens (including phenoxy) is 1. The van der Waals surface area contributed by atoms with Crippen molar-refractivity contribution < 1.29 is 23.0 Å². The highest BCUT2D eigenvalue weighted by Gasteiger charge is 2.41. The van der Waals surface area contributed by atoms with Crippen molar-refractivity contribution in [3.05, 3.63) is 53.7 Å². The average Bonchev–Trinajstić information content (AvgIpc) is 2.72. The Morgan fingerprint density at radius 1 is 1.12 bits per heavy atom. The minimum atomic E-state index is -4.44. The first-order chi connectivity index (χ1) is 15.3. The molecule has 3 aromatic rings. The topological polar surface area (TPSA) is 74.6 Å². The first-order valence-corrected chi connectivity index (χ1v) is 10.4. The van der Waals surface area contributed by atoms with Gasteiger partial charge in [-0.1, -0.05) is 18.2 Å². The molecular weight excluding hydrogens is 423 g/mol. The predicted molar refractivity (Wildman–Crippen MR) is 112 cm³/mol. The normalized spacial score (nSPS) is 24.0. The second-order valence-electron chi connectivity index (χ2n) is 8.23. The molecule has 2 aliphatic rings. The molecule has 2 aliphatic heterocycles. The molecule has 168 valence electrons. The summed E-state index contributed by atoms with van der Waals surface area (Å²) in [5, 5.41) is 11.4. The molecule has 32 heavy (non-hydrogen) atoms. The second kappa shape index (κ2) is 7.56. The van der Waals surface area contributed by atoms with Gasteiger partial charge in [0.2, 0.25) is 5.95 Å². The minimum Gasteiger partial charge on any atom is -0.375 e. The highest BCUT2D eigenvalue weighted by molar-refractivity contribution is 5.88. The first-order valence-electron chi connectivity index (χ1n) is 10.4. The Balaban J connectivity index is 1.60. The largest absolute Gasteiger partial charge is 0.416 e. The van der Waals surface area contributed by atoms with Crippen molar-refractivity contribution in [2.75, 3.05) is 36.1 Å². The Bertz CT molecular complexity index is 1150. The van der Waals surface area contributed by atoms with Gasteiger partial charge in [-0.05, 0) is 37.1 Å². The summed E-state index contributed by atoms with van der Waals surface area (Å²) in [5.41, 5.74) is -1.30. The number of aliphatic hydroxyl groups is 1. The molecule has 5 rings (SSSR count). The van der Waals surface area contributed by atoms with Gasteiger partial charge in [0.05, 0.1) is 30.2 Å². The van der Waals surface area contributed by atoms with Gasteiger partial charge in [-0.3, -0.25) is 0 Å². The van der Waals surface area contributed by atoms with Gasteiger partial charge in [0.25, 0.3) is 0 Å². The summed E-state index contributed by atoms with van der Waals surface area (Å²) in [7, 11) is 0. The van der Waals surface area contributed by atoms with Crippen LogP contribution in [0.5, 0.6) is 0 Å². The molecule has 10 heteroatoms. The van der Waals surface area contributed by atoms with Crippen LogP contribution in [0.3, 0.4) is 0 Å². The van der Waals surface area contributed by atoms with E-state index in [1.54, 1.807) is 30.2 Å². The lowest BCUT2D eigenvalue weighted by molar-refractivity contribution is -0.138. The van der Waals surface area contributed by atoms with E-state index in [1.165, 1.54) is 12.1 Å². The molecule has 1 aromatic carbocycles. The minimum absolute atomic E-state index is 0.0945. The quantitative estimate of drug-likeness (QED) is 0.661. The van der Waals surface area contributed by atoms with Crippen molar-refractivity contribution in [3.8, 4) is 0 Å². The van der Waals surface area contributed by atoms with E-state index in [2.05, 4.69) is 9.97 Å². The van der Waals surface area contributed by atoms with Crippen molar-refractivity contribution in [2.45, 2.75) is 31.3 Å². The molecule has 0 bridgehead atoms. The maximum absolute atomic E-state index is 13.6.